The maximum Gasteiger partial charge on any atom is 0.212 e. The normalized spacial score (nSPS) is 16.7. The molecule has 0 radical (unpaired) electrons. The maximum absolute atomic E-state index is 11.2. The standard InChI is InChI=1S/C7H16ClNO2S.C3H7NO2S/c1-7(2,3)9-12(10,11)6-4-5-8;4-7(5,6)3-1-2-3/h9H,4-6H2,1-3H3;3H,1-2H2,(H2,4,5,6). The summed E-state index contributed by atoms with van der Waals surface area (Å²) in [5, 5.41) is 4.51. The molecule has 0 aliphatic heterocycles. The van der Waals surface area contributed by atoms with Crippen LogP contribution in [0.25, 0.3) is 0 Å². The predicted octanol–water partition coefficient (Wildman–Crippen LogP) is 0.770. The maximum atomic E-state index is 11.2. The van der Waals surface area contributed by atoms with Gasteiger partial charge in [-0.1, -0.05) is 0 Å². The fourth-order valence-corrected chi connectivity index (χ4v) is 3.80. The van der Waals surface area contributed by atoms with Crippen molar-refractivity contribution in [3.05, 3.63) is 0 Å². The zero-order valence-electron chi connectivity index (χ0n) is 11.5. The minimum absolute atomic E-state index is 0.105. The van der Waals surface area contributed by atoms with Crippen molar-refractivity contribution in [3.8, 4) is 0 Å². The van der Waals surface area contributed by atoms with Crippen LogP contribution in [0.4, 0.5) is 0 Å². The number of nitrogens with one attached hydrogen (secondary N) is 1. The summed E-state index contributed by atoms with van der Waals surface area (Å²) < 4.78 is 45.4. The predicted molar refractivity (Wildman–Crippen MR) is 78.1 cm³/mol. The minimum Gasteiger partial charge on any atom is -0.228 e. The van der Waals surface area contributed by atoms with Crippen LogP contribution in [0, 0.1) is 0 Å². The van der Waals surface area contributed by atoms with E-state index in [0.717, 1.165) is 12.8 Å². The van der Waals surface area contributed by atoms with Gasteiger partial charge < -0.3 is 0 Å². The van der Waals surface area contributed by atoms with Gasteiger partial charge in [0.25, 0.3) is 0 Å². The van der Waals surface area contributed by atoms with Crippen LogP contribution in [-0.2, 0) is 20.0 Å². The molecule has 19 heavy (non-hydrogen) atoms. The SMILES string of the molecule is CC(C)(C)NS(=O)(=O)CCCCl.NS(=O)(=O)C1CC1. The van der Waals surface area contributed by atoms with Crippen LogP contribution in [0.5, 0.6) is 0 Å². The lowest BCUT2D eigenvalue weighted by molar-refractivity contribution is 0.491. The molecule has 0 aromatic carbocycles. The number of halogens is 1. The smallest absolute Gasteiger partial charge is 0.212 e. The van der Waals surface area contributed by atoms with Crippen LogP contribution in [0.3, 0.4) is 0 Å². The second kappa shape index (κ2) is 7.21. The number of alkyl halides is 1. The molecule has 1 fully saturated rings. The summed E-state index contributed by atoms with van der Waals surface area (Å²) in [6.07, 6.45) is 2.02. The average Bonchev–Trinajstić information content (AvgIpc) is 2.93. The Morgan fingerprint density at radius 1 is 1.21 bits per heavy atom. The first-order valence-corrected chi connectivity index (χ1v) is 9.76. The van der Waals surface area contributed by atoms with Gasteiger partial charge in [-0.05, 0) is 40.0 Å². The monoisotopic (exact) mass is 334 g/mol. The molecule has 0 aromatic heterocycles. The summed E-state index contributed by atoms with van der Waals surface area (Å²) in [5.74, 6) is 0.485. The van der Waals surface area contributed by atoms with E-state index in [1.807, 2.05) is 20.8 Å². The van der Waals surface area contributed by atoms with Gasteiger partial charge in [-0.2, -0.15) is 0 Å². The molecule has 0 atom stereocenters. The fourth-order valence-electron chi connectivity index (χ4n) is 1.16. The van der Waals surface area contributed by atoms with Crippen molar-refractivity contribution in [2.24, 2.45) is 5.14 Å². The Morgan fingerprint density at radius 3 is 1.89 bits per heavy atom. The Kier molecular flexibility index (Phi) is 7.26. The van der Waals surface area contributed by atoms with E-state index in [1.165, 1.54) is 0 Å². The fraction of sp³-hybridized carbons (Fsp3) is 1.00. The highest BCUT2D eigenvalue weighted by Crippen LogP contribution is 2.25. The summed E-state index contributed by atoms with van der Waals surface area (Å²) in [6.45, 7) is 5.43. The molecular weight excluding hydrogens is 312 g/mol. The number of nitrogens with two attached hydrogens (primary N) is 1. The molecular formula is C10H23ClN2O4S2. The zero-order valence-corrected chi connectivity index (χ0v) is 13.9. The lowest BCUT2D eigenvalue weighted by Gasteiger charge is -2.19. The van der Waals surface area contributed by atoms with Crippen LogP contribution < -0.4 is 9.86 Å². The van der Waals surface area contributed by atoms with Crippen molar-refractivity contribution in [2.45, 2.75) is 50.8 Å². The molecule has 116 valence electrons. The van der Waals surface area contributed by atoms with Gasteiger partial charge >= 0.3 is 0 Å². The molecule has 1 aliphatic rings. The van der Waals surface area contributed by atoms with Crippen molar-refractivity contribution in [3.63, 3.8) is 0 Å². The molecule has 0 unspecified atom stereocenters. The minimum atomic E-state index is -3.14. The lowest BCUT2D eigenvalue weighted by atomic mass is 10.1. The second-order valence-corrected chi connectivity index (χ2v) is 9.57. The third-order valence-electron chi connectivity index (χ3n) is 2.00. The van der Waals surface area contributed by atoms with Crippen molar-refractivity contribution < 1.29 is 16.8 Å². The molecule has 1 aliphatic carbocycles. The van der Waals surface area contributed by atoms with E-state index in [-0.39, 0.29) is 11.0 Å². The molecule has 9 heteroatoms. The van der Waals surface area contributed by atoms with E-state index in [4.69, 9.17) is 16.7 Å². The van der Waals surface area contributed by atoms with E-state index in [0.29, 0.717) is 12.3 Å². The average molecular weight is 335 g/mol. The van der Waals surface area contributed by atoms with Crippen molar-refractivity contribution in [1.29, 1.82) is 0 Å². The van der Waals surface area contributed by atoms with Gasteiger partial charge in [0.1, 0.15) is 0 Å². The van der Waals surface area contributed by atoms with Crippen molar-refractivity contribution >= 4 is 31.6 Å². The van der Waals surface area contributed by atoms with Gasteiger partial charge in [-0.3, -0.25) is 0 Å². The summed E-state index contributed by atoms with van der Waals surface area (Å²) in [7, 11) is -6.27. The Bertz CT molecular complexity index is 464. The Hall–Kier alpha value is 0.110. The van der Waals surface area contributed by atoms with Gasteiger partial charge in [0, 0.05) is 11.4 Å². The van der Waals surface area contributed by atoms with E-state index < -0.39 is 25.6 Å². The Balaban J connectivity index is 0.000000388. The third kappa shape index (κ3) is 11.6. The van der Waals surface area contributed by atoms with Crippen LogP contribution in [0.2, 0.25) is 0 Å². The van der Waals surface area contributed by atoms with E-state index >= 15 is 0 Å². The highest BCUT2D eigenvalue weighted by atomic mass is 35.5. The number of sulfonamides is 2. The third-order valence-corrected chi connectivity index (χ3v) is 5.41. The van der Waals surface area contributed by atoms with Crippen molar-refractivity contribution in [2.75, 3.05) is 11.6 Å². The molecule has 1 saturated carbocycles. The summed E-state index contributed by atoms with van der Waals surface area (Å²) in [6, 6.07) is 0. The first-order chi connectivity index (χ1) is 8.37. The van der Waals surface area contributed by atoms with Crippen LogP contribution in [0.15, 0.2) is 0 Å². The molecule has 0 spiro atoms. The number of primary sulfonamides is 1. The summed E-state index contributed by atoms with van der Waals surface area (Å²) >= 11 is 5.39. The van der Waals surface area contributed by atoms with Gasteiger partial charge in [-0.15, -0.1) is 11.6 Å². The van der Waals surface area contributed by atoms with E-state index in [9.17, 15) is 16.8 Å². The largest absolute Gasteiger partial charge is 0.228 e. The van der Waals surface area contributed by atoms with Crippen LogP contribution in [-0.4, -0.2) is 39.3 Å². The number of hydrogen-bond donors (Lipinski definition) is 2. The molecule has 0 heterocycles. The van der Waals surface area contributed by atoms with E-state index in [2.05, 4.69) is 4.72 Å². The Morgan fingerprint density at radius 2 is 1.68 bits per heavy atom. The second-order valence-electron chi connectivity index (χ2n) is 5.50. The van der Waals surface area contributed by atoms with Gasteiger partial charge in [0.2, 0.25) is 20.0 Å². The topological polar surface area (TPSA) is 106 Å². The van der Waals surface area contributed by atoms with Gasteiger partial charge in [-0.25, -0.2) is 26.7 Å². The van der Waals surface area contributed by atoms with Crippen LogP contribution >= 0.6 is 11.6 Å². The van der Waals surface area contributed by atoms with Crippen LogP contribution in [0.1, 0.15) is 40.0 Å². The van der Waals surface area contributed by atoms with Crippen molar-refractivity contribution in [1.82, 2.24) is 4.72 Å². The number of rotatable bonds is 5. The van der Waals surface area contributed by atoms with Gasteiger partial charge in [0.05, 0.1) is 11.0 Å². The molecule has 0 bridgehead atoms. The molecule has 3 N–H and O–H groups in total. The molecule has 0 aromatic rings. The molecule has 1 rings (SSSR count). The summed E-state index contributed by atoms with van der Waals surface area (Å²) in [5.41, 5.74) is -0.398. The molecule has 0 saturated heterocycles. The highest BCUT2D eigenvalue weighted by Gasteiger charge is 2.32. The summed E-state index contributed by atoms with van der Waals surface area (Å²) in [4.78, 5) is 0. The quantitative estimate of drug-likeness (QED) is 0.724. The highest BCUT2D eigenvalue weighted by molar-refractivity contribution is 7.90. The van der Waals surface area contributed by atoms with Gasteiger partial charge in [0.15, 0.2) is 0 Å². The zero-order chi connectivity index (χ0) is 15.3. The first kappa shape index (κ1) is 19.1. The molecule has 0 amide bonds. The molecule has 6 nitrogen and oxygen atoms in total. The first-order valence-electron chi connectivity index (χ1n) is 5.96. The number of hydrogen-bond acceptors (Lipinski definition) is 4. The van der Waals surface area contributed by atoms with E-state index in [1.54, 1.807) is 0 Å². The lowest BCUT2D eigenvalue weighted by Crippen LogP contribution is -2.41. The Labute approximate surface area is 121 Å².